The molecule has 1 aliphatic heterocycles. The number of aromatic nitrogens is 1. The van der Waals surface area contributed by atoms with E-state index in [-0.39, 0.29) is 23.5 Å². The Bertz CT molecular complexity index is 1030. The average Bonchev–Trinajstić information content (AvgIpc) is 3.78. The maximum atomic E-state index is 13.6. The highest BCUT2D eigenvalue weighted by Gasteiger charge is 2.52. The van der Waals surface area contributed by atoms with Crippen LogP contribution in [-0.2, 0) is 28.3 Å². The summed E-state index contributed by atoms with van der Waals surface area (Å²) in [6.45, 7) is 0.943. The van der Waals surface area contributed by atoms with Crippen LogP contribution < -0.4 is 5.32 Å². The first-order chi connectivity index (χ1) is 16.0. The maximum Gasteiger partial charge on any atom is 0.337 e. The van der Waals surface area contributed by atoms with Crippen molar-refractivity contribution >= 4 is 11.9 Å². The van der Waals surface area contributed by atoms with Crippen molar-refractivity contribution in [2.45, 2.75) is 63.3 Å². The number of carbonyl (C=O) groups is 2. The molecule has 1 aromatic carbocycles. The molecule has 33 heavy (non-hydrogen) atoms. The van der Waals surface area contributed by atoms with Crippen molar-refractivity contribution in [3.63, 3.8) is 0 Å². The Balaban J connectivity index is 1.30. The van der Waals surface area contributed by atoms with Crippen LogP contribution in [0.5, 0.6) is 0 Å². The molecule has 5 rings (SSSR count). The lowest BCUT2D eigenvalue weighted by Crippen LogP contribution is -2.53. The van der Waals surface area contributed by atoms with Crippen molar-refractivity contribution in [2.24, 2.45) is 5.41 Å². The minimum atomic E-state index is -0.569. The van der Waals surface area contributed by atoms with E-state index in [0.717, 1.165) is 43.4 Å². The minimum absolute atomic E-state index is 0.0730. The summed E-state index contributed by atoms with van der Waals surface area (Å²) >= 11 is 0. The van der Waals surface area contributed by atoms with Crippen molar-refractivity contribution < 1.29 is 18.7 Å². The summed E-state index contributed by atoms with van der Waals surface area (Å²) in [6.07, 6.45) is 7.91. The van der Waals surface area contributed by atoms with E-state index in [0.29, 0.717) is 23.2 Å². The van der Waals surface area contributed by atoms with Gasteiger partial charge in [0.15, 0.2) is 0 Å². The highest BCUT2D eigenvalue weighted by molar-refractivity contribution is 5.89. The SMILES string of the molecule is COC(=O)c1ccc(C2(NC(=O)C3CC4(CCN3Cc3ccc(CF)nc3)CC4)CC2)cc1. The Kier molecular flexibility index (Phi) is 5.69. The van der Waals surface area contributed by atoms with Crippen molar-refractivity contribution in [1.82, 2.24) is 15.2 Å². The van der Waals surface area contributed by atoms with Gasteiger partial charge in [-0.25, -0.2) is 9.18 Å². The number of nitrogens with zero attached hydrogens (tertiary/aromatic N) is 2. The van der Waals surface area contributed by atoms with Crippen molar-refractivity contribution in [2.75, 3.05) is 13.7 Å². The highest BCUT2D eigenvalue weighted by Crippen LogP contribution is 2.55. The number of alkyl halides is 1. The van der Waals surface area contributed by atoms with Gasteiger partial charge in [-0.2, -0.15) is 0 Å². The number of carbonyl (C=O) groups excluding carboxylic acids is 2. The van der Waals surface area contributed by atoms with Crippen LogP contribution in [0.2, 0.25) is 0 Å². The van der Waals surface area contributed by atoms with E-state index in [9.17, 15) is 14.0 Å². The zero-order valence-electron chi connectivity index (χ0n) is 19.0. The van der Waals surface area contributed by atoms with Gasteiger partial charge in [-0.1, -0.05) is 18.2 Å². The zero-order chi connectivity index (χ0) is 23.1. The second-order valence-electron chi connectivity index (χ2n) is 9.87. The third-order valence-corrected chi connectivity index (χ3v) is 7.64. The summed E-state index contributed by atoms with van der Waals surface area (Å²) in [6, 6.07) is 10.8. The smallest absolute Gasteiger partial charge is 0.337 e. The van der Waals surface area contributed by atoms with Crippen LogP contribution in [0.4, 0.5) is 4.39 Å². The van der Waals surface area contributed by atoms with E-state index in [1.165, 1.54) is 20.0 Å². The number of hydrogen-bond acceptors (Lipinski definition) is 5. The molecule has 2 aliphatic carbocycles. The molecule has 1 saturated heterocycles. The van der Waals surface area contributed by atoms with E-state index in [1.54, 1.807) is 24.4 Å². The zero-order valence-corrected chi connectivity index (χ0v) is 19.0. The van der Waals surface area contributed by atoms with E-state index in [1.807, 2.05) is 18.2 Å². The number of ether oxygens (including phenoxy) is 1. The Morgan fingerprint density at radius 3 is 2.45 bits per heavy atom. The van der Waals surface area contributed by atoms with Crippen LogP contribution in [0.25, 0.3) is 0 Å². The third kappa shape index (κ3) is 4.51. The monoisotopic (exact) mass is 451 g/mol. The normalized spacial score (nSPS) is 22.5. The quantitative estimate of drug-likeness (QED) is 0.647. The number of rotatable bonds is 7. The first-order valence-corrected chi connectivity index (χ1v) is 11.7. The number of hydrogen-bond donors (Lipinski definition) is 1. The van der Waals surface area contributed by atoms with E-state index >= 15 is 0 Å². The van der Waals surface area contributed by atoms with Gasteiger partial charge in [0, 0.05) is 12.7 Å². The fourth-order valence-electron chi connectivity index (χ4n) is 5.09. The highest BCUT2D eigenvalue weighted by atomic mass is 19.1. The molecule has 174 valence electrons. The summed E-state index contributed by atoms with van der Waals surface area (Å²) in [5.74, 6) is -0.291. The van der Waals surface area contributed by atoms with Gasteiger partial charge >= 0.3 is 5.97 Å². The van der Waals surface area contributed by atoms with Crippen LogP contribution in [0.1, 0.15) is 65.7 Å². The molecule has 1 spiro atoms. The van der Waals surface area contributed by atoms with E-state index in [2.05, 4.69) is 15.2 Å². The fourth-order valence-corrected chi connectivity index (χ4v) is 5.09. The lowest BCUT2D eigenvalue weighted by Gasteiger charge is -2.39. The van der Waals surface area contributed by atoms with Gasteiger partial charge < -0.3 is 10.1 Å². The fraction of sp³-hybridized carbons (Fsp3) is 0.500. The van der Waals surface area contributed by atoms with Crippen LogP contribution in [0.15, 0.2) is 42.6 Å². The molecule has 3 aliphatic rings. The molecule has 7 heteroatoms. The molecular formula is C26H30FN3O3. The standard InChI is InChI=1S/C26H30FN3O3/c1-33-24(32)19-3-5-20(6-4-19)26(10-11-26)29-23(31)22-14-25(8-9-25)12-13-30(22)17-18-2-7-21(15-27)28-16-18/h2-7,16,22H,8-15,17H2,1H3,(H,29,31). The molecule has 1 unspecified atom stereocenters. The largest absolute Gasteiger partial charge is 0.465 e. The third-order valence-electron chi connectivity index (χ3n) is 7.64. The van der Waals surface area contributed by atoms with Gasteiger partial charge in [0.25, 0.3) is 0 Å². The number of amides is 1. The molecule has 2 aromatic rings. The van der Waals surface area contributed by atoms with Gasteiger partial charge in [-0.15, -0.1) is 0 Å². The van der Waals surface area contributed by atoms with Crippen LogP contribution >= 0.6 is 0 Å². The van der Waals surface area contributed by atoms with Crippen molar-refractivity contribution in [3.8, 4) is 0 Å². The molecule has 0 bridgehead atoms. The first-order valence-electron chi connectivity index (χ1n) is 11.7. The van der Waals surface area contributed by atoms with E-state index < -0.39 is 6.67 Å². The molecule has 1 N–H and O–H groups in total. The molecule has 2 saturated carbocycles. The molecule has 1 aromatic heterocycles. The Morgan fingerprint density at radius 1 is 1.12 bits per heavy atom. The average molecular weight is 452 g/mol. The van der Waals surface area contributed by atoms with Crippen LogP contribution in [-0.4, -0.2) is 41.5 Å². The molecule has 2 heterocycles. The Hall–Kier alpha value is -2.80. The number of methoxy groups -OCH3 is 1. The summed E-state index contributed by atoms with van der Waals surface area (Å²) in [4.78, 5) is 31.7. The lowest BCUT2D eigenvalue weighted by molar-refractivity contribution is -0.130. The second kappa shape index (κ2) is 8.52. The topological polar surface area (TPSA) is 71.5 Å². The van der Waals surface area contributed by atoms with Gasteiger partial charge in [0.2, 0.25) is 5.91 Å². The summed E-state index contributed by atoms with van der Waals surface area (Å²) in [7, 11) is 1.37. The van der Waals surface area contributed by atoms with Crippen LogP contribution in [0.3, 0.4) is 0 Å². The van der Waals surface area contributed by atoms with Gasteiger partial charge in [0.05, 0.1) is 29.9 Å². The molecule has 1 amide bonds. The molecule has 3 fully saturated rings. The summed E-state index contributed by atoms with van der Waals surface area (Å²) in [5, 5.41) is 3.35. The maximum absolute atomic E-state index is 13.6. The number of pyridine rings is 1. The Labute approximate surface area is 193 Å². The number of likely N-dealkylation sites (tertiary alicyclic amines) is 1. The second-order valence-corrected chi connectivity index (χ2v) is 9.87. The van der Waals surface area contributed by atoms with Crippen molar-refractivity contribution in [3.05, 3.63) is 65.0 Å². The number of esters is 1. The minimum Gasteiger partial charge on any atom is -0.465 e. The van der Waals surface area contributed by atoms with Gasteiger partial charge in [-0.3, -0.25) is 14.7 Å². The summed E-state index contributed by atoms with van der Waals surface area (Å²) < 4.78 is 17.6. The number of halogens is 1. The molecular weight excluding hydrogens is 421 g/mol. The molecule has 1 atom stereocenters. The van der Waals surface area contributed by atoms with Crippen molar-refractivity contribution in [1.29, 1.82) is 0 Å². The number of benzene rings is 1. The summed E-state index contributed by atoms with van der Waals surface area (Å²) in [5.41, 5.74) is 2.93. The molecule has 6 nitrogen and oxygen atoms in total. The van der Waals surface area contributed by atoms with E-state index in [4.69, 9.17) is 4.74 Å². The molecule has 0 radical (unpaired) electrons. The number of piperidine rings is 1. The number of nitrogens with one attached hydrogen (secondary N) is 1. The Morgan fingerprint density at radius 2 is 1.88 bits per heavy atom. The van der Waals surface area contributed by atoms with Gasteiger partial charge in [0.1, 0.15) is 6.67 Å². The predicted molar refractivity (Wildman–Crippen MR) is 121 cm³/mol. The first kappa shape index (κ1) is 22.0. The predicted octanol–water partition coefficient (Wildman–Crippen LogP) is 3.89. The van der Waals surface area contributed by atoms with Gasteiger partial charge in [-0.05, 0) is 79.8 Å². The van der Waals surface area contributed by atoms with Crippen LogP contribution in [0, 0.1) is 5.41 Å². The lowest BCUT2D eigenvalue weighted by atomic mass is 9.87.